The van der Waals surface area contributed by atoms with Gasteiger partial charge >= 0.3 is 5.97 Å². The summed E-state index contributed by atoms with van der Waals surface area (Å²) >= 11 is 0. The predicted molar refractivity (Wildman–Crippen MR) is 106 cm³/mol. The Morgan fingerprint density at radius 2 is 1.93 bits per heavy atom. The topological polar surface area (TPSA) is 73.9 Å². The summed E-state index contributed by atoms with van der Waals surface area (Å²) in [5, 5.41) is 2.69. The molecule has 0 unspecified atom stereocenters. The second-order valence-electron chi connectivity index (χ2n) is 6.66. The molecule has 1 aromatic carbocycles. The second kappa shape index (κ2) is 12.0. The molecule has 150 valence electrons. The molecule has 1 amide bonds. The van der Waals surface area contributed by atoms with Gasteiger partial charge in [-0.2, -0.15) is 0 Å². The highest BCUT2D eigenvalue weighted by Crippen LogP contribution is 2.28. The first-order valence-corrected chi connectivity index (χ1v) is 9.28. The smallest absolute Gasteiger partial charge is 0.328 e. The lowest BCUT2D eigenvalue weighted by molar-refractivity contribution is -0.145. The van der Waals surface area contributed by atoms with E-state index in [1.54, 1.807) is 19.3 Å². The van der Waals surface area contributed by atoms with Gasteiger partial charge in [0.15, 0.2) is 11.5 Å². The van der Waals surface area contributed by atoms with Gasteiger partial charge in [-0.1, -0.05) is 33.3 Å². The van der Waals surface area contributed by atoms with Gasteiger partial charge in [0.1, 0.15) is 6.04 Å². The van der Waals surface area contributed by atoms with Crippen LogP contribution in [0.5, 0.6) is 11.5 Å². The quantitative estimate of drug-likeness (QED) is 0.362. The molecule has 0 spiro atoms. The van der Waals surface area contributed by atoms with Crippen molar-refractivity contribution in [1.82, 2.24) is 5.32 Å². The molecule has 0 radical (unpaired) electrons. The molecule has 0 heterocycles. The van der Waals surface area contributed by atoms with E-state index in [9.17, 15) is 9.59 Å². The number of benzene rings is 1. The van der Waals surface area contributed by atoms with Crippen molar-refractivity contribution in [3.05, 3.63) is 29.8 Å². The Kier molecular flexibility index (Phi) is 10.0. The zero-order valence-electron chi connectivity index (χ0n) is 16.9. The number of hydrogen-bond acceptors (Lipinski definition) is 5. The first-order chi connectivity index (χ1) is 12.9. The lowest BCUT2D eigenvalue weighted by Gasteiger charge is -2.17. The molecule has 6 nitrogen and oxygen atoms in total. The molecule has 1 aromatic rings. The summed E-state index contributed by atoms with van der Waals surface area (Å²) in [7, 11) is 2.89. The molecule has 0 fully saturated rings. The van der Waals surface area contributed by atoms with Gasteiger partial charge < -0.3 is 19.5 Å². The van der Waals surface area contributed by atoms with Crippen LogP contribution in [0.15, 0.2) is 24.3 Å². The Morgan fingerprint density at radius 1 is 1.19 bits per heavy atom. The van der Waals surface area contributed by atoms with Crippen LogP contribution < -0.4 is 14.8 Å². The van der Waals surface area contributed by atoms with Crippen LogP contribution in [0.4, 0.5) is 0 Å². The van der Waals surface area contributed by atoms with E-state index in [1.165, 1.54) is 13.2 Å². The van der Waals surface area contributed by atoms with Crippen LogP contribution in [0, 0.1) is 5.92 Å². The van der Waals surface area contributed by atoms with E-state index >= 15 is 0 Å². The SMILES string of the molecule is CCCCOc1ccc(/C=C/C(=O)N[C@@H](CC(C)C)C(=O)OC)cc1OC. The van der Waals surface area contributed by atoms with Crippen molar-refractivity contribution in [1.29, 1.82) is 0 Å². The zero-order valence-corrected chi connectivity index (χ0v) is 16.9. The Balaban J connectivity index is 2.76. The van der Waals surface area contributed by atoms with E-state index in [-0.39, 0.29) is 11.8 Å². The Hall–Kier alpha value is -2.50. The summed E-state index contributed by atoms with van der Waals surface area (Å²) in [6.45, 7) is 6.70. The second-order valence-corrected chi connectivity index (χ2v) is 6.66. The molecule has 27 heavy (non-hydrogen) atoms. The highest BCUT2D eigenvalue weighted by Gasteiger charge is 2.21. The van der Waals surface area contributed by atoms with Crippen LogP contribution >= 0.6 is 0 Å². The summed E-state index contributed by atoms with van der Waals surface area (Å²) in [4.78, 5) is 24.0. The number of hydrogen-bond donors (Lipinski definition) is 1. The molecule has 0 saturated carbocycles. The molecule has 0 saturated heterocycles. The molecule has 1 rings (SSSR count). The van der Waals surface area contributed by atoms with E-state index in [1.807, 2.05) is 26.0 Å². The third-order valence-corrected chi connectivity index (χ3v) is 3.88. The monoisotopic (exact) mass is 377 g/mol. The molecular weight excluding hydrogens is 346 g/mol. The van der Waals surface area contributed by atoms with Crippen LogP contribution in [-0.2, 0) is 14.3 Å². The zero-order chi connectivity index (χ0) is 20.2. The third kappa shape index (κ3) is 8.15. The van der Waals surface area contributed by atoms with E-state index in [0.717, 1.165) is 18.4 Å². The normalized spacial score (nSPS) is 12.1. The van der Waals surface area contributed by atoms with Crippen molar-refractivity contribution >= 4 is 18.0 Å². The van der Waals surface area contributed by atoms with Crippen LogP contribution in [0.25, 0.3) is 6.08 Å². The number of carbonyl (C=O) groups excluding carboxylic acids is 2. The van der Waals surface area contributed by atoms with Crippen molar-refractivity contribution in [3.8, 4) is 11.5 Å². The number of unbranched alkanes of at least 4 members (excludes halogenated alkanes) is 1. The standard InChI is InChI=1S/C21H31NO5/c1-6-7-12-27-18-10-8-16(14-19(18)25-4)9-11-20(23)22-17(13-15(2)3)21(24)26-5/h8-11,14-15,17H,6-7,12-13H2,1-5H3,(H,22,23)/b11-9+/t17-/m0/s1. The van der Waals surface area contributed by atoms with Gasteiger partial charge in [-0.05, 0) is 42.5 Å². The lowest BCUT2D eigenvalue weighted by Crippen LogP contribution is -2.41. The van der Waals surface area contributed by atoms with Crippen molar-refractivity contribution < 1.29 is 23.8 Å². The van der Waals surface area contributed by atoms with Gasteiger partial charge in [-0.3, -0.25) is 4.79 Å². The van der Waals surface area contributed by atoms with Crippen molar-refractivity contribution in [2.24, 2.45) is 5.92 Å². The lowest BCUT2D eigenvalue weighted by atomic mass is 10.0. The van der Waals surface area contributed by atoms with Gasteiger partial charge in [-0.25, -0.2) is 4.79 Å². The number of carbonyl (C=O) groups is 2. The van der Waals surface area contributed by atoms with E-state index in [4.69, 9.17) is 14.2 Å². The molecule has 0 aromatic heterocycles. The van der Waals surface area contributed by atoms with Crippen molar-refractivity contribution in [2.45, 2.75) is 46.1 Å². The molecule has 1 N–H and O–H groups in total. The summed E-state index contributed by atoms with van der Waals surface area (Å²) in [5.41, 5.74) is 0.795. The average molecular weight is 377 g/mol. The molecule has 1 atom stereocenters. The molecule has 0 aliphatic carbocycles. The molecular formula is C21H31NO5. The fourth-order valence-corrected chi connectivity index (χ4v) is 2.45. The van der Waals surface area contributed by atoms with Gasteiger partial charge in [0, 0.05) is 6.08 Å². The number of nitrogens with one attached hydrogen (secondary N) is 1. The maximum atomic E-state index is 12.2. The minimum Gasteiger partial charge on any atom is -0.493 e. The molecule has 0 aliphatic rings. The van der Waals surface area contributed by atoms with E-state index < -0.39 is 12.0 Å². The number of amides is 1. The molecule has 0 aliphatic heterocycles. The Morgan fingerprint density at radius 3 is 2.52 bits per heavy atom. The minimum atomic E-state index is -0.656. The van der Waals surface area contributed by atoms with Gasteiger partial charge in [0.25, 0.3) is 0 Å². The predicted octanol–water partition coefficient (Wildman–Crippen LogP) is 3.59. The number of esters is 1. The van der Waals surface area contributed by atoms with Crippen LogP contribution in [-0.4, -0.2) is 38.7 Å². The molecule has 6 heteroatoms. The van der Waals surface area contributed by atoms with Crippen LogP contribution in [0.1, 0.15) is 45.6 Å². The minimum absolute atomic E-state index is 0.253. The summed E-state index contributed by atoms with van der Waals surface area (Å²) in [6.07, 6.45) is 5.61. The third-order valence-electron chi connectivity index (χ3n) is 3.88. The van der Waals surface area contributed by atoms with Gasteiger partial charge in [0.05, 0.1) is 20.8 Å². The van der Waals surface area contributed by atoms with E-state index in [2.05, 4.69) is 12.2 Å². The van der Waals surface area contributed by atoms with Crippen LogP contribution in [0.3, 0.4) is 0 Å². The number of rotatable bonds is 11. The molecule has 0 bridgehead atoms. The van der Waals surface area contributed by atoms with Crippen molar-refractivity contribution in [3.63, 3.8) is 0 Å². The van der Waals surface area contributed by atoms with E-state index in [0.29, 0.717) is 24.5 Å². The Bertz CT molecular complexity index is 639. The maximum Gasteiger partial charge on any atom is 0.328 e. The largest absolute Gasteiger partial charge is 0.493 e. The fourth-order valence-electron chi connectivity index (χ4n) is 2.45. The number of methoxy groups -OCH3 is 2. The first-order valence-electron chi connectivity index (χ1n) is 9.28. The first kappa shape index (κ1) is 22.5. The Labute approximate surface area is 161 Å². The summed E-state index contributed by atoms with van der Waals surface area (Å²) in [6, 6.07) is 4.81. The fraction of sp³-hybridized carbons (Fsp3) is 0.524. The van der Waals surface area contributed by atoms with Crippen LogP contribution in [0.2, 0.25) is 0 Å². The number of ether oxygens (including phenoxy) is 3. The highest BCUT2D eigenvalue weighted by atomic mass is 16.5. The average Bonchev–Trinajstić information content (AvgIpc) is 2.65. The van der Waals surface area contributed by atoms with Crippen molar-refractivity contribution in [2.75, 3.05) is 20.8 Å². The summed E-state index contributed by atoms with van der Waals surface area (Å²) in [5.74, 6) is 0.744. The maximum absolute atomic E-state index is 12.2. The van der Waals surface area contributed by atoms with Gasteiger partial charge in [0.2, 0.25) is 5.91 Å². The highest BCUT2D eigenvalue weighted by molar-refractivity contribution is 5.94. The van der Waals surface area contributed by atoms with Gasteiger partial charge in [-0.15, -0.1) is 0 Å². The summed E-state index contributed by atoms with van der Waals surface area (Å²) < 4.78 is 15.8.